The van der Waals surface area contributed by atoms with Crippen molar-refractivity contribution in [3.63, 3.8) is 0 Å². The van der Waals surface area contributed by atoms with Gasteiger partial charge in [-0.05, 0) is 92.7 Å². The number of fused-ring (bicyclic) bond motifs is 7. The second kappa shape index (κ2) is 13.1. The van der Waals surface area contributed by atoms with Gasteiger partial charge in [0.05, 0.1) is 10.4 Å². The Labute approximate surface area is 327 Å². The third-order valence-corrected chi connectivity index (χ3v) is 13.3. The van der Waals surface area contributed by atoms with E-state index in [9.17, 15) is 0 Å². The minimum Gasteiger partial charge on any atom is -0.309 e. The van der Waals surface area contributed by atoms with Gasteiger partial charge in [0.2, 0.25) is 0 Å². The fraction of sp³-hybridized carbons (Fsp3) is 0. The Bertz CT molecular complexity index is 3210. The molecular formula is C52H33NS2. The molecule has 0 fully saturated rings. The van der Waals surface area contributed by atoms with Crippen LogP contribution in [0.2, 0.25) is 0 Å². The summed E-state index contributed by atoms with van der Waals surface area (Å²) >= 11 is 3.76. The standard InChI is InChI=1S/C52H33NS2/c1-2-12-36(13-3-1)43-18-9-19-46-47-20-10-21-48(52(47)55-51(43)46)53(41-28-25-35(26-29-41)39-24-23-34-11-4-5-14-37(34)31-39)42-16-8-15-38(32-42)40-27-30-45-44-17-6-7-22-49(44)54-50(45)33-40/h1-33H. The van der Waals surface area contributed by atoms with Crippen LogP contribution in [0.15, 0.2) is 200 Å². The van der Waals surface area contributed by atoms with Gasteiger partial charge in [0.15, 0.2) is 0 Å². The van der Waals surface area contributed by atoms with Crippen molar-refractivity contribution in [3.05, 3.63) is 200 Å². The molecule has 11 aromatic rings. The van der Waals surface area contributed by atoms with E-state index in [1.807, 2.05) is 22.7 Å². The van der Waals surface area contributed by atoms with E-state index in [1.54, 1.807) is 0 Å². The molecule has 0 N–H and O–H groups in total. The average molecular weight is 736 g/mol. The lowest BCUT2D eigenvalue weighted by atomic mass is 10.00. The van der Waals surface area contributed by atoms with Crippen molar-refractivity contribution in [3.8, 4) is 33.4 Å². The first-order valence-corrected chi connectivity index (χ1v) is 20.3. The number of thiophene rings is 2. The summed E-state index contributed by atoms with van der Waals surface area (Å²) in [6.45, 7) is 0. The van der Waals surface area contributed by atoms with Crippen LogP contribution in [-0.4, -0.2) is 0 Å². The van der Waals surface area contributed by atoms with E-state index in [0.29, 0.717) is 0 Å². The molecule has 0 aliphatic carbocycles. The average Bonchev–Trinajstić information content (AvgIpc) is 3.83. The van der Waals surface area contributed by atoms with Crippen molar-refractivity contribution in [2.24, 2.45) is 0 Å². The zero-order valence-corrected chi connectivity index (χ0v) is 31.4. The van der Waals surface area contributed by atoms with Gasteiger partial charge < -0.3 is 4.90 Å². The van der Waals surface area contributed by atoms with Gasteiger partial charge in [-0.15, -0.1) is 22.7 Å². The second-order valence-corrected chi connectivity index (χ2v) is 16.2. The van der Waals surface area contributed by atoms with Crippen LogP contribution in [0.25, 0.3) is 84.5 Å². The van der Waals surface area contributed by atoms with Crippen molar-refractivity contribution in [1.29, 1.82) is 0 Å². The highest BCUT2D eigenvalue weighted by molar-refractivity contribution is 7.27. The van der Waals surface area contributed by atoms with E-state index < -0.39 is 0 Å². The summed E-state index contributed by atoms with van der Waals surface area (Å²) in [4.78, 5) is 2.45. The van der Waals surface area contributed by atoms with E-state index in [1.165, 1.54) is 90.2 Å². The van der Waals surface area contributed by atoms with Gasteiger partial charge >= 0.3 is 0 Å². The number of hydrogen-bond acceptors (Lipinski definition) is 3. The summed E-state index contributed by atoms with van der Waals surface area (Å²) < 4.78 is 5.23. The molecule has 0 unspecified atom stereocenters. The maximum absolute atomic E-state index is 2.45. The number of rotatable bonds is 6. The molecule has 0 aliphatic rings. The molecule has 0 spiro atoms. The third kappa shape index (κ3) is 5.51. The largest absolute Gasteiger partial charge is 0.309 e. The Kier molecular flexibility index (Phi) is 7.61. The van der Waals surface area contributed by atoms with Crippen LogP contribution in [0.3, 0.4) is 0 Å². The maximum atomic E-state index is 2.45. The smallest absolute Gasteiger partial charge is 0.0640 e. The predicted octanol–water partition coefficient (Wildman–Crippen LogP) is 16.0. The number of hydrogen-bond donors (Lipinski definition) is 0. The van der Waals surface area contributed by atoms with E-state index in [0.717, 1.165) is 11.4 Å². The molecule has 0 saturated carbocycles. The Morgan fingerprint density at radius 2 is 0.945 bits per heavy atom. The molecule has 0 amide bonds. The quantitative estimate of drug-likeness (QED) is 0.164. The SMILES string of the molecule is c1ccc(-c2cccc3c2sc2c(N(c4ccc(-c5ccc6ccccc6c5)cc4)c4cccc(-c5ccc6c(c5)sc5ccccc56)c4)cccc23)cc1. The van der Waals surface area contributed by atoms with Crippen LogP contribution in [0, 0.1) is 0 Å². The molecule has 0 bridgehead atoms. The van der Waals surface area contributed by atoms with Crippen molar-refractivity contribution in [2.45, 2.75) is 0 Å². The lowest BCUT2D eigenvalue weighted by Crippen LogP contribution is -2.10. The highest BCUT2D eigenvalue weighted by Crippen LogP contribution is 2.48. The van der Waals surface area contributed by atoms with Gasteiger partial charge in [0.25, 0.3) is 0 Å². The van der Waals surface area contributed by atoms with Crippen LogP contribution in [-0.2, 0) is 0 Å². The summed E-state index contributed by atoms with van der Waals surface area (Å²) in [5, 5.41) is 7.72. The van der Waals surface area contributed by atoms with E-state index >= 15 is 0 Å². The molecule has 3 heteroatoms. The van der Waals surface area contributed by atoms with Crippen LogP contribution < -0.4 is 4.90 Å². The number of nitrogens with zero attached hydrogens (tertiary/aromatic N) is 1. The zero-order chi connectivity index (χ0) is 36.3. The van der Waals surface area contributed by atoms with Crippen molar-refractivity contribution in [1.82, 2.24) is 0 Å². The van der Waals surface area contributed by atoms with Gasteiger partial charge in [0, 0.05) is 47.0 Å². The van der Waals surface area contributed by atoms with Gasteiger partial charge in [-0.1, -0.05) is 152 Å². The predicted molar refractivity (Wildman–Crippen MR) is 241 cm³/mol. The van der Waals surface area contributed by atoms with Crippen LogP contribution >= 0.6 is 22.7 Å². The summed E-state index contributed by atoms with van der Waals surface area (Å²) in [5.41, 5.74) is 10.8. The van der Waals surface area contributed by atoms with Crippen LogP contribution in [0.1, 0.15) is 0 Å². The molecule has 258 valence electrons. The maximum Gasteiger partial charge on any atom is 0.0640 e. The Morgan fingerprint density at radius 3 is 1.84 bits per heavy atom. The van der Waals surface area contributed by atoms with Crippen LogP contribution in [0.4, 0.5) is 17.1 Å². The Hall–Kier alpha value is -6.52. The summed E-state index contributed by atoms with van der Waals surface area (Å²) in [6, 6.07) is 73.4. The van der Waals surface area contributed by atoms with E-state index in [2.05, 4.69) is 205 Å². The van der Waals surface area contributed by atoms with Gasteiger partial charge in [-0.2, -0.15) is 0 Å². The highest BCUT2D eigenvalue weighted by atomic mass is 32.1. The number of anilines is 3. The molecule has 0 atom stereocenters. The van der Waals surface area contributed by atoms with Crippen LogP contribution in [0.5, 0.6) is 0 Å². The fourth-order valence-corrected chi connectivity index (χ4v) is 10.6. The van der Waals surface area contributed by atoms with E-state index in [-0.39, 0.29) is 0 Å². The monoisotopic (exact) mass is 735 g/mol. The normalized spacial score (nSPS) is 11.6. The molecule has 55 heavy (non-hydrogen) atoms. The summed E-state index contributed by atoms with van der Waals surface area (Å²) in [5.74, 6) is 0. The molecule has 0 saturated heterocycles. The van der Waals surface area contributed by atoms with Crippen molar-refractivity contribution < 1.29 is 0 Å². The number of benzene rings is 9. The molecule has 11 rings (SSSR count). The molecule has 1 nitrogen and oxygen atoms in total. The minimum atomic E-state index is 1.12. The second-order valence-electron chi connectivity index (χ2n) is 14.1. The first-order valence-electron chi connectivity index (χ1n) is 18.7. The third-order valence-electron chi connectivity index (χ3n) is 10.9. The molecule has 2 heterocycles. The summed E-state index contributed by atoms with van der Waals surface area (Å²) in [7, 11) is 0. The molecule has 0 aliphatic heterocycles. The lowest BCUT2D eigenvalue weighted by molar-refractivity contribution is 1.30. The highest BCUT2D eigenvalue weighted by Gasteiger charge is 2.20. The molecule has 2 aromatic heterocycles. The molecule has 9 aromatic carbocycles. The van der Waals surface area contributed by atoms with Gasteiger partial charge in [-0.25, -0.2) is 0 Å². The van der Waals surface area contributed by atoms with Gasteiger partial charge in [0.1, 0.15) is 0 Å². The van der Waals surface area contributed by atoms with E-state index in [4.69, 9.17) is 0 Å². The topological polar surface area (TPSA) is 3.24 Å². The Balaban J connectivity index is 1.08. The minimum absolute atomic E-state index is 1.12. The van der Waals surface area contributed by atoms with Crippen molar-refractivity contribution in [2.75, 3.05) is 4.90 Å². The van der Waals surface area contributed by atoms with Gasteiger partial charge in [-0.3, -0.25) is 0 Å². The van der Waals surface area contributed by atoms with Crippen molar-refractivity contribution >= 4 is 90.9 Å². The summed E-state index contributed by atoms with van der Waals surface area (Å²) in [6.07, 6.45) is 0. The zero-order valence-electron chi connectivity index (χ0n) is 29.8. The first kappa shape index (κ1) is 32.0. The Morgan fingerprint density at radius 1 is 0.309 bits per heavy atom. The lowest BCUT2D eigenvalue weighted by Gasteiger charge is -2.27. The molecular weight excluding hydrogens is 703 g/mol. The molecule has 0 radical (unpaired) electrons. The fourth-order valence-electron chi connectivity index (χ4n) is 8.16. The first-order chi connectivity index (χ1) is 27.2.